The van der Waals surface area contributed by atoms with Gasteiger partial charge < -0.3 is 15.4 Å². The molecule has 0 unspecified atom stereocenters. The van der Waals surface area contributed by atoms with Crippen LogP contribution in [0.2, 0.25) is 5.02 Å². The molecular formula is C24H20ClFN4O4. The number of benzene rings is 3. The minimum absolute atomic E-state index is 0.196. The normalized spacial score (nSPS) is 10.6. The van der Waals surface area contributed by atoms with Gasteiger partial charge in [0.2, 0.25) is 0 Å². The van der Waals surface area contributed by atoms with Crippen LogP contribution in [0.3, 0.4) is 0 Å². The van der Waals surface area contributed by atoms with Crippen molar-refractivity contribution >= 4 is 46.9 Å². The highest BCUT2D eigenvalue weighted by molar-refractivity contribution is 6.39. The van der Waals surface area contributed by atoms with E-state index in [0.29, 0.717) is 22.0 Å². The molecule has 3 aromatic rings. The highest BCUT2D eigenvalue weighted by Crippen LogP contribution is 2.22. The molecule has 0 radical (unpaired) electrons. The van der Waals surface area contributed by atoms with Gasteiger partial charge in [-0.15, -0.1) is 0 Å². The number of nitrogens with zero attached hydrogens (tertiary/aromatic N) is 1. The van der Waals surface area contributed by atoms with E-state index in [1.165, 1.54) is 18.3 Å². The SMILES string of the molecule is Cc1c(Cl)cccc1NC(=O)COc1ccc(/C=N\NC(=O)C(=O)Nc2ccc(F)cc2)cc1. The third-order valence-corrected chi connectivity index (χ3v) is 4.89. The number of carbonyl (C=O) groups excluding carboxylic acids is 3. The average Bonchev–Trinajstić information content (AvgIpc) is 2.83. The third-order valence-electron chi connectivity index (χ3n) is 4.48. The Morgan fingerprint density at radius 3 is 2.38 bits per heavy atom. The summed E-state index contributed by atoms with van der Waals surface area (Å²) in [5.41, 5.74) is 4.37. The van der Waals surface area contributed by atoms with E-state index in [9.17, 15) is 18.8 Å². The molecule has 10 heteroatoms. The molecule has 3 N–H and O–H groups in total. The van der Waals surface area contributed by atoms with Crippen molar-refractivity contribution in [2.24, 2.45) is 5.10 Å². The summed E-state index contributed by atoms with van der Waals surface area (Å²) in [6.45, 7) is 1.61. The van der Waals surface area contributed by atoms with Crippen molar-refractivity contribution in [2.75, 3.05) is 17.2 Å². The van der Waals surface area contributed by atoms with Gasteiger partial charge in [-0.25, -0.2) is 9.82 Å². The zero-order valence-corrected chi connectivity index (χ0v) is 18.7. The smallest absolute Gasteiger partial charge is 0.329 e. The van der Waals surface area contributed by atoms with E-state index in [4.69, 9.17) is 16.3 Å². The average molecular weight is 483 g/mol. The summed E-state index contributed by atoms with van der Waals surface area (Å²) >= 11 is 6.04. The predicted molar refractivity (Wildman–Crippen MR) is 128 cm³/mol. The van der Waals surface area contributed by atoms with Crippen molar-refractivity contribution in [3.8, 4) is 5.75 Å². The summed E-state index contributed by atoms with van der Waals surface area (Å²) in [7, 11) is 0. The molecule has 8 nitrogen and oxygen atoms in total. The molecule has 3 amide bonds. The van der Waals surface area contributed by atoms with E-state index in [-0.39, 0.29) is 18.2 Å². The first-order valence-electron chi connectivity index (χ1n) is 9.99. The second-order valence-electron chi connectivity index (χ2n) is 6.98. The molecule has 0 aliphatic rings. The van der Waals surface area contributed by atoms with Crippen LogP contribution in [0.4, 0.5) is 15.8 Å². The van der Waals surface area contributed by atoms with Gasteiger partial charge in [0.05, 0.1) is 6.21 Å². The lowest BCUT2D eigenvalue weighted by Crippen LogP contribution is -2.32. The summed E-state index contributed by atoms with van der Waals surface area (Å²) in [6.07, 6.45) is 1.33. The van der Waals surface area contributed by atoms with Crippen molar-refractivity contribution in [1.82, 2.24) is 5.43 Å². The fourth-order valence-electron chi connectivity index (χ4n) is 2.67. The number of hydrazone groups is 1. The molecule has 0 aliphatic heterocycles. The first-order chi connectivity index (χ1) is 16.3. The molecule has 0 saturated carbocycles. The Morgan fingerprint density at radius 2 is 1.68 bits per heavy atom. The van der Waals surface area contributed by atoms with Crippen LogP contribution in [-0.2, 0) is 14.4 Å². The summed E-state index contributed by atoms with van der Waals surface area (Å²) < 4.78 is 18.3. The summed E-state index contributed by atoms with van der Waals surface area (Å²) in [6, 6.07) is 16.8. The van der Waals surface area contributed by atoms with Gasteiger partial charge in [0.1, 0.15) is 11.6 Å². The van der Waals surface area contributed by atoms with Crippen molar-refractivity contribution < 1.29 is 23.5 Å². The molecule has 0 fully saturated rings. The molecule has 174 valence electrons. The Kier molecular flexibility index (Phi) is 8.31. The molecule has 3 aromatic carbocycles. The number of anilines is 2. The summed E-state index contributed by atoms with van der Waals surface area (Å²) in [5.74, 6) is -2.27. The maximum Gasteiger partial charge on any atom is 0.329 e. The van der Waals surface area contributed by atoms with E-state index >= 15 is 0 Å². The van der Waals surface area contributed by atoms with E-state index in [1.807, 2.05) is 0 Å². The lowest BCUT2D eigenvalue weighted by molar-refractivity contribution is -0.136. The van der Waals surface area contributed by atoms with E-state index in [2.05, 4.69) is 21.2 Å². The number of amides is 3. The van der Waals surface area contributed by atoms with Gasteiger partial charge in [0.25, 0.3) is 5.91 Å². The fourth-order valence-corrected chi connectivity index (χ4v) is 2.84. The Labute approximate surface area is 199 Å². The molecule has 0 aliphatic carbocycles. The molecule has 0 bridgehead atoms. The minimum atomic E-state index is -0.985. The molecule has 0 heterocycles. The molecule has 0 aromatic heterocycles. The van der Waals surface area contributed by atoms with Gasteiger partial charge in [0, 0.05) is 16.4 Å². The van der Waals surface area contributed by atoms with Gasteiger partial charge in [-0.1, -0.05) is 17.7 Å². The Balaban J connectivity index is 1.44. The Hall–Kier alpha value is -4.24. The largest absolute Gasteiger partial charge is 0.484 e. The molecule has 34 heavy (non-hydrogen) atoms. The van der Waals surface area contributed by atoms with Crippen LogP contribution >= 0.6 is 11.6 Å². The highest BCUT2D eigenvalue weighted by atomic mass is 35.5. The van der Waals surface area contributed by atoms with Crippen molar-refractivity contribution in [3.63, 3.8) is 0 Å². The number of nitrogens with one attached hydrogen (secondary N) is 3. The van der Waals surface area contributed by atoms with Crippen LogP contribution in [-0.4, -0.2) is 30.5 Å². The second-order valence-corrected chi connectivity index (χ2v) is 7.39. The Bertz CT molecular complexity index is 1210. The lowest BCUT2D eigenvalue weighted by Gasteiger charge is -2.10. The van der Waals surface area contributed by atoms with Crippen molar-refractivity contribution in [2.45, 2.75) is 6.92 Å². The number of ether oxygens (including phenoxy) is 1. The second kappa shape index (κ2) is 11.6. The van der Waals surface area contributed by atoms with E-state index in [0.717, 1.165) is 17.7 Å². The first-order valence-corrected chi connectivity index (χ1v) is 10.4. The highest BCUT2D eigenvalue weighted by Gasteiger charge is 2.13. The summed E-state index contributed by atoms with van der Waals surface area (Å²) in [5, 5.41) is 9.34. The van der Waals surface area contributed by atoms with Gasteiger partial charge in [-0.2, -0.15) is 5.10 Å². The Morgan fingerprint density at radius 1 is 0.971 bits per heavy atom. The first kappa shape index (κ1) is 24.4. The molecule has 0 atom stereocenters. The number of carbonyl (C=O) groups is 3. The molecule has 3 rings (SSSR count). The van der Waals surface area contributed by atoms with Crippen LogP contribution in [0.1, 0.15) is 11.1 Å². The third kappa shape index (κ3) is 7.14. The lowest BCUT2D eigenvalue weighted by atomic mass is 10.2. The van der Waals surface area contributed by atoms with Crippen LogP contribution < -0.4 is 20.8 Å². The van der Waals surface area contributed by atoms with E-state index < -0.39 is 17.6 Å². The number of rotatable bonds is 7. The van der Waals surface area contributed by atoms with Crippen LogP contribution in [0, 0.1) is 12.7 Å². The summed E-state index contributed by atoms with van der Waals surface area (Å²) in [4.78, 5) is 35.7. The van der Waals surface area contributed by atoms with Crippen molar-refractivity contribution in [3.05, 3.63) is 88.7 Å². The van der Waals surface area contributed by atoms with Gasteiger partial charge in [0.15, 0.2) is 6.61 Å². The van der Waals surface area contributed by atoms with Crippen molar-refractivity contribution in [1.29, 1.82) is 0 Å². The van der Waals surface area contributed by atoms with Crippen LogP contribution in [0.5, 0.6) is 5.75 Å². The van der Waals surface area contributed by atoms with Crippen LogP contribution in [0.25, 0.3) is 0 Å². The fraction of sp³-hybridized carbons (Fsp3) is 0.0833. The number of hydrogen-bond donors (Lipinski definition) is 3. The minimum Gasteiger partial charge on any atom is -0.484 e. The standard InChI is InChI=1S/C24H20ClFN4O4/c1-15-20(25)3-2-4-21(15)29-22(31)14-34-19-11-5-16(6-12-19)13-27-30-24(33)23(32)28-18-9-7-17(26)8-10-18/h2-13H,14H2,1H3,(H,28,32)(H,29,31)(H,30,33)/b27-13-. The zero-order valence-electron chi connectivity index (χ0n) is 18.0. The zero-order chi connectivity index (χ0) is 24.5. The molecule has 0 saturated heterocycles. The molecular weight excluding hydrogens is 463 g/mol. The monoisotopic (exact) mass is 482 g/mol. The number of hydrogen-bond acceptors (Lipinski definition) is 5. The quantitative estimate of drug-likeness (QED) is 0.269. The number of halogens is 2. The molecule has 0 spiro atoms. The van der Waals surface area contributed by atoms with Crippen LogP contribution in [0.15, 0.2) is 71.8 Å². The van der Waals surface area contributed by atoms with E-state index in [1.54, 1.807) is 49.4 Å². The predicted octanol–water partition coefficient (Wildman–Crippen LogP) is 3.89. The van der Waals surface area contributed by atoms with Gasteiger partial charge in [-0.3, -0.25) is 14.4 Å². The van der Waals surface area contributed by atoms with Gasteiger partial charge in [-0.05, 0) is 78.7 Å². The topological polar surface area (TPSA) is 109 Å². The maximum atomic E-state index is 12.9. The maximum absolute atomic E-state index is 12.9. The van der Waals surface area contributed by atoms with Gasteiger partial charge >= 0.3 is 11.8 Å².